The van der Waals surface area contributed by atoms with Gasteiger partial charge in [-0.15, -0.1) is 0 Å². The monoisotopic (exact) mass is 315 g/mol. The van der Waals surface area contributed by atoms with Gasteiger partial charge in [0.15, 0.2) is 0 Å². The largest absolute Gasteiger partial charge is 0.464 e. The highest BCUT2D eigenvalue weighted by Gasteiger charge is 2.27. The summed E-state index contributed by atoms with van der Waals surface area (Å²) in [6.45, 7) is 8.86. The van der Waals surface area contributed by atoms with Gasteiger partial charge in [-0.05, 0) is 18.8 Å². The molecule has 0 fully saturated rings. The van der Waals surface area contributed by atoms with E-state index in [9.17, 15) is 9.59 Å². The standard InChI is InChI=1S/C17H33NO4/c1-5-8-10-11-13-21-16(19)15(14(4)7-3)18-17(20)22-12-9-6-2/h14-15H,5-13H2,1-4H3,(H,18,20). The number of carbonyl (C=O) groups is 2. The van der Waals surface area contributed by atoms with E-state index in [1.165, 1.54) is 0 Å². The third-order valence-corrected chi connectivity index (χ3v) is 3.71. The molecule has 5 heteroatoms. The fraction of sp³-hybridized carbons (Fsp3) is 0.882. The lowest BCUT2D eigenvalue weighted by Crippen LogP contribution is -2.46. The quantitative estimate of drug-likeness (QED) is 0.436. The molecule has 0 aliphatic carbocycles. The summed E-state index contributed by atoms with van der Waals surface area (Å²) in [7, 11) is 0. The Morgan fingerprint density at radius 2 is 1.55 bits per heavy atom. The Morgan fingerprint density at radius 1 is 0.909 bits per heavy atom. The van der Waals surface area contributed by atoms with E-state index in [-0.39, 0.29) is 11.9 Å². The minimum absolute atomic E-state index is 0.0156. The van der Waals surface area contributed by atoms with Crippen LogP contribution < -0.4 is 5.32 Å². The van der Waals surface area contributed by atoms with Gasteiger partial charge in [-0.3, -0.25) is 0 Å². The molecular formula is C17H33NO4. The van der Waals surface area contributed by atoms with Crippen LogP contribution in [0, 0.1) is 5.92 Å². The van der Waals surface area contributed by atoms with Gasteiger partial charge in [-0.2, -0.15) is 0 Å². The van der Waals surface area contributed by atoms with E-state index in [1.54, 1.807) is 0 Å². The maximum atomic E-state index is 12.1. The highest BCUT2D eigenvalue weighted by Crippen LogP contribution is 2.10. The van der Waals surface area contributed by atoms with E-state index in [2.05, 4.69) is 12.2 Å². The van der Waals surface area contributed by atoms with Crippen LogP contribution in [-0.2, 0) is 14.3 Å². The molecule has 2 atom stereocenters. The smallest absolute Gasteiger partial charge is 0.407 e. The van der Waals surface area contributed by atoms with Gasteiger partial charge in [0.1, 0.15) is 6.04 Å². The summed E-state index contributed by atoms with van der Waals surface area (Å²) in [4.78, 5) is 23.9. The minimum atomic E-state index is -0.634. The number of amides is 1. The molecule has 0 aromatic carbocycles. The molecule has 0 saturated heterocycles. The number of ether oxygens (including phenoxy) is 2. The number of hydrogen-bond acceptors (Lipinski definition) is 4. The average Bonchev–Trinajstić information content (AvgIpc) is 2.51. The lowest BCUT2D eigenvalue weighted by Gasteiger charge is -2.22. The van der Waals surface area contributed by atoms with Gasteiger partial charge in [-0.1, -0.05) is 59.8 Å². The third-order valence-electron chi connectivity index (χ3n) is 3.71. The Hall–Kier alpha value is -1.26. The second kappa shape index (κ2) is 13.4. The van der Waals surface area contributed by atoms with Crippen LogP contribution in [0.5, 0.6) is 0 Å². The predicted molar refractivity (Wildman–Crippen MR) is 87.7 cm³/mol. The SMILES string of the molecule is CCCCCCOC(=O)C(NC(=O)OCCCC)C(C)CC. The number of esters is 1. The fourth-order valence-electron chi connectivity index (χ4n) is 1.94. The Labute approximate surface area is 135 Å². The topological polar surface area (TPSA) is 64.6 Å². The van der Waals surface area contributed by atoms with Gasteiger partial charge in [0.2, 0.25) is 0 Å². The van der Waals surface area contributed by atoms with Crippen molar-refractivity contribution >= 4 is 12.1 Å². The van der Waals surface area contributed by atoms with Crippen molar-refractivity contribution in [3.05, 3.63) is 0 Å². The molecule has 2 unspecified atom stereocenters. The third kappa shape index (κ3) is 9.64. The fourth-order valence-corrected chi connectivity index (χ4v) is 1.94. The van der Waals surface area contributed by atoms with Gasteiger partial charge in [0.25, 0.3) is 0 Å². The zero-order valence-electron chi connectivity index (χ0n) is 14.7. The summed E-state index contributed by atoms with van der Waals surface area (Å²) in [5.41, 5.74) is 0. The van der Waals surface area contributed by atoms with Crippen LogP contribution in [0.1, 0.15) is 72.6 Å². The Kier molecular flexibility index (Phi) is 12.6. The van der Waals surface area contributed by atoms with Gasteiger partial charge >= 0.3 is 12.1 Å². The van der Waals surface area contributed by atoms with Crippen molar-refractivity contribution < 1.29 is 19.1 Å². The molecule has 0 aliphatic heterocycles. The van der Waals surface area contributed by atoms with Gasteiger partial charge in [0.05, 0.1) is 13.2 Å². The van der Waals surface area contributed by atoms with Crippen LogP contribution in [-0.4, -0.2) is 31.3 Å². The predicted octanol–water partition coefficient (Wildman–Crippen LogP) is 4.05. The van der Waals surface area contributed by atoms with E-state index < -0.39 is 12.1 Å². The molecule has 1 amide bonds. The molecule has 22 heavy (non-hydrogen) atoms. The first-order valence-corrected chi connectivity index (χ1v) is 8.66. The number of nitrogens with one attached hydrogen (secondary N) is 1. The summed E-state index contributed by atoms with van der Waals surface area (Å²) >= 11 is 0. The van der Waals surface area contributed by atoms with E-state index in [4.69, 9.17) is 9.47 Å². The Balaban J connectivity index is 4.25. The lowest BCUT2D eigenvalue weighted by atomic mass is 9.99. The summed E-state index contributed by atoms with van der Waals surface area (Å²) in [6, 6.07) is -0.634. The molecule has 0 bridgehead atoms. The number of hydrogen-bond donors (Lipinski definition) is 1. The molecule has 1 N–H and O–H groups in total. The van der Waals surface area contributed by atoms with Gasteiger partial charge < -0.3 is 14.8 Å². The molecule has 0 aromatic heterocycles. The van der Waals surface area contributed by atoms with Gasteiger partial charge in [-0.25, -0.2) is 9.59 Å². The molecule has 0 aliphatic rings. The second-order valence-electron chi connectivity index (χ2n) is 5.73. The lowest BCUT2D eigenvalue weighted by molar-refractivity contribution is -0.147. The molecule has 5 nitrogen and oxygen atoms in total. The van der Waals surface area contributed by atoms with Crippen molar-refractivity contribution in [3.63, 3.8) is 0 Å². The van der Waals surface area contributed by atoms with E-state index in [0.717, 1.165) is 44.9 Å². The summed E-state index contributed by atoms with van der Waals surface area (Å²) in [5, 5.41) is 2.64. The van der Waals surface area contributed by atoms with Crippen LogP contribution in [0.3, 0.4) is 0 Å². The molecule has 0 spiro atoms. The van der Waals surface area contributed by atoms with Crippen LogP contribution in [0.4, 0.5) is 4.79 Å². The Bertz CT molecular complexity index is 307. The molecule has 0 radical (unpaired) electrons. The van der Waals surface area contributed by atoms with Crippen LogP contribution in [0.15, 0.2) is 0 Å². The molecule has 0 aromatic rings. The number of unbranched alkanes of at least 4 members (excludes halogenated alkanes) is 4. The molecule has 0 heterocycles. The van der Waals surface area contributed by atoms with Crippen molar-refractivity contribution in [2.75, 3.05) is 13.2 Å². The first kappa shape index (κ1) is 20.7. The first-order valence-electron chi connectivity index (χ1n) is 8.66. The second-order valence-corrected chi connectivity index (χ2v) is 5.73. The summed E-state index contributed by atoms with van der Waals surface area (Å²) in [6.07, 6.45) is 6.25. The Morgan fingerprint density at radius 3 is 2.14 bits per heavy atom. The van der Waals surface area contributed by atoms with Gasteiger partial charge in [0, 0.05) is 0 Å². The van der Waals surface area contributed by atoms with Crippen molar-refractivity contribution in [2.45, 2.75) is 78.7 Å². The van der Waals surface area contributed by atoms with Crippen molar-refractivity contribution in [1.82, 2.24) is 5.32 Å². The molecule has 130 valence electrons. The molecule has 0 rings (SSSR count). The summed E-state index contributed by atoms with van der Waals surface area (Å²) in [5.74, 6) is -0.347. The molecular weight excluding hydrogens is 282 g/mol. The minimum Gasteiger partial charge on any atom is -0.464 e. The zero-order chi connectivity index (χ0) is 16.8. The van der Waals surface area contributed by atoms with E-state index in [1.807, 2.05) is 20.8 Å². The van der Waals surface area contributed by atoms with E-state index in [0.29, 0.717) is 13.2 Å². The highest BCUT2D eigenvalue weighted by atomic mass is 16.6. The van der Waals surface area contributed by atoms with Crippen LogP contribution in [0.25, 0.3) is 0 Å². The number of rotatable bonds is 12. The van der Waals surface area contributed by atoms with Crippen LogP contribution in [0.2, 0.25) is 0 Å². The average molecular weight is 315 g/mol. The number of alkyl carbamates (subject to hydrolysis) is 1. The van der Waals surface area contributed by atoms with E-state index >= 15 is 0 Å². The van der Waals surface area contributed by atoms with Crippen molar-refractivity contribution in [1.29, 1.82) is 0 Å². The molecule has 0 saturated carbocycles. The highest BCUT2D eigenvalue weighted by molar-refractivity contribution is 5.81. The summed E-state index contributed by atoms with van der Waals surface area (Å²) < 4.78 is 10.3. The van der Waals surface area contributed by atoms with Crippen molar-refractivity contribution in [2.24, 2.45) is 5.92 Å². The zero-order valence-corrected chi connectivity index (χ0v) is 14.7. The maximum Gasteiger partial charge on any atom is 0.407 e. The first-order chi connectivity index (χ1) is 10.6. The van der Waals surface area contributed by atoms with Crippen LogP contribution >= 0.6 is 0 Å². The number of carbonyl (C=O) groups excluding carboxylic acids is 2. The normalized spacial score (nSPS) is 13.3. The maximum absolute atomic E-state index is 12.1. The van der Waals surface area contributed by atoms with Crippen molar-refractivity contribution in [3.8, 4) is 0 Å².